The molecule has 0 saturated carbocycles. The van der Waals surface area contributed by atoms with Crippen molar-refractivity contribution >= 4 is 12.6 Å². The molecule has 1 aromatic carbocycles. The minimum absolute atomic E-state index is 0.0982. The van der Waals surface area contributed by atoms with E-state index in [2.05, 4.69) is 16.9 Å². The molecule has 0 bridgehead atoms. The summed E-state index contributed by atoms with van der Waals surface area (Å²) in [5.74, 6) is -1.37. The number of halogens is 1. The van der Waals surface area contributed by atoms with Gasteiger partial charge in [0.2, 0.25) is 0 Å². The maximum absolute atomic E-state index is 12.8. The van der Waals surface area contributed by atoms with E-state index < -0.39 is 11.6 Å². The van der Waals surface area contributed by atoms with Crippen molar-refractivity contribution in [3.05, 3.63) is 29.6 Å². The Kier molecular flexibility index (Phi) is 2.59. The zero-order chi connectivity index (χ0) is 9.84. The van der Waals surface area contributed by atoms with E-state index in [-0.39, 0.29) is 11.4 Å². The number of phenols is 1. The van der Waals surface area contributed by atoms with Crippen molar-refractivity contribution in [2.75, 3.05) is 0 Å². The highest BCUT2D eigenvalue weighted by atomic mass is 19.1. The Morgan fingerprint density at radius 1 is 1.46 bits per heavy atom. The lowest BCUT2D eigenvalue weighted by Gasteiger charge is -1.99. The third-order valence-corrected chi connectivity index (χ3v) is 1.45. The van der Waals surface area contributed by atoms with Gasteiger partial charge in [0, 0.05) is 5.56 Å². The average molecular weight is 182 g/mol. The van der Waals surface area contributed by atoms with Gasteiger partial charge in [-0.3, -0.25) is 0 Å². The lowest BCUT2D eigenvalue weighted by molar-refractivity contribution is 0.318. The molecule has 0 heterocycles. The second-order valence-corrected chi connectivity index (χ2v) is 2.25. The van der Waals surface area contributed by atoms with Crippen LogP contribution in [0.4, 0.5) is 4.39 Å². The molecular formula is C8H7FN2O2. The number of benzene rings is 1. The quantitative estimate of drug-likeness (QED) is 0.298. The fourth-order valence-corrected chi connectivity index (χ4v) is 0.827. The average Bonchev–Trinajstić information content (AvgIpc) is 2.13. The van der Waals surface area contributed by atoms with Gasteiger partial charge in [-0.15, -0.1) is 0 Å². The van der Waals surface area contributed by atoms with Crippen LogP contribution in [0.2, 0.25) is 0 Å². The van der Waals surface area contributed by atoms with E-state index in [0.29, 0.717) is 0 Å². The monoisotopic (exact) mass is 182 g/mol. The molecule has 2 N–H and O–H groups in total. The van der Waals surface area contributed by atoms with E-state index in [1.807, 2.05) is 0 Å². The highest BCUT2D eigenvalue weighted by Crippen LogP contribution is 2.16. The van der Waals surface area contributed by atoms with Crippen molar-refractivity contribution in [2.45, 2.75) is 0 Å². The van der Waals surface area contributed by atoms with Gasteiger partial charge in [-0.25, -0.2) is 9.38 Å². The third kappa shape index (κ3) is 1.81. The molecule has 1 rings (SSSR count). The van der Waals surface area contributed by atoms with Crippen molar-refractivity contribution < 1.29 is 14.7 Å². The predicted octanol–water partition coefficient (Wildman–Crippen LogP) is 1.37. The first kappa shape index (κ1) is 9.18. The molecule has 4 nitrogen and oxygen atoms in total. The second kappa shape index (κ2) is 3.66. The number of hydrogen-bond donors (Lipinski definition) is 2. The molecule has 0 atom stereocenters. The van der Waals surface area contributed by atoms with E-state index in [1.54, 1.807) is 0 Å². The molecule has 0 saturated heterocycles. The zero-order valence-corrected chi connectivity index (χ0v) is 6.61. The van der Waals surface area contributed by atoms with Crippen molar-refractivity contribution in [3.8, 4) is 5.75 Å². The molecule has 0 aromatic heterocycles. The number of phenolic OH excluding ortho intramolecular Hbond substituents is 1. The molecule has 0 aliphatic heterocycles. The summed E-state index contributed by atoms with van der Waals surface area (Å²) < 4.78 is 12.8. The highest BCUT2D eigenvalue weighted by molar-refractivity contribution is 6.01. The van der Waals surface area contributed by atoms with Crippen LogP contribution in [0.15, 0.2) is 28.3 Å². The van der Waals surface area contributed by atoms with Gasteiger partial charge in [0.15, 0.2) is 17.4 Å². The lowest BCUT2D eigenvalue weighted by Crippen LogP contribution is -1.96. The molecule has 0 aliphatic rings. The minimum atomic E-state index is -0.803. The number of rotatable bonds is 1. The van der Waals surface area contributed by atoms with Crippen LogP contribution < -0.4 is 0 Å². The Hall–Kier alpha value is -1.91. The first-order valence-corrected chi connectivity index (χ1v) is 3.36. The Labute approximate surface area is 73.7 Å². The van der Waals surface area contributed by atoms with Crippen LogP contribution in [-0.4, -0.2) is 22.9 Å². The summed E-state index contributed by atoms with van der Waals surface area (Å²) in [7, 11) is 0. The summed E-state index contributed by atoms with van der Waals surface area (Å²) in [5, 5.41) is 20.0. The normalized spacial score (nSPS) is 11.3. The van der Waals surface area contributed by atoms with Gasteiger partial charge in [-0.2, -0.15) is 0 Å². The van der Waals surface area contributed by atoms with Gasteiger partial charge in [0.1, 0.15) is 0 Å². The predicted molar refractivity (Wildman–Crippen MR) is 45.9 cm³/mol. The van der Waals surface area contributed by atoms with Crippen molar-refractivity contribution in [3.63, 3.8) is 0 Å². The Morgan fingerprint density at radius 3 is 2.62 bits per heavy atom. The Balaban J connectivity index is 3.17. The largest absolute Gasteiger partial charge is 0.505 e. The summed E-state index contributed by atoms with van der Waals surface area (Å²) in [6, 6.07) is 3.50. The highest BCUT2D eigenvalue weighted by Gasteiger charge is 2.05. The molecule has 1 aromatic rings. The summed E-state index contributed by atoms with van der Waals surface area (Å²) in [6.45, 7) is 3.13. The van der Waals surface area contributed by atoms with Crippen LogP contribution in [0.1, 0.15) is 5.56 Å². The van der Waals surface area contributed by atoms with Crippen LogP contribution in [0.5, 0.6) is 5.75 Å². The number of nitrogens with zero attached hydrogens (tertiary/aromatic N) is 2. The van der Waals surface area contributed by atoms with Crippen LogP contribution >= 0.6 is 0 Å². The minimum Gasteiger partial charge on any atom is -0.505 e. The summed E-state index contributed by atoms with van der Waals surface area (Å²) in [6.07, 6.45) is 0. The zero-order valence-electron chi connectivity index (χ0n) is 6.61. The molecule has 0 radical (unpaired) electrons. The van der Waals surface area contributed by atoms with Crippen LogP contribution in [-0.2, 0) is 0 Å². The summed E-state index contributed by atoms with van der Waals surface area (Å²) in [5.41, 5.74) is 0.243. The molecule has 0 spiro atoms. The number of amidine groups is 1. The van der Waals surface area contributed by atoms with Crippen LogP contribution in [0, 0.1) is 5.82 Å². The first-order valence-electron chi connectivity index (χ1n) is 3.36. The number of hydrogen-bond acceptors (Lipinski definition) is 3. The van der Waals surface area contributed by atoms with E-state index in [4.69, 9.17) is 10.3 Å². The molecule has 0 fully saturated rings. The van der Waals surface area contributed by atoms with Gasteiger partial charge >= 0.3 is 0 Å². The van der Waals surface area contributed by atoms with Crippen LogP contribution in [0.3, 0.4) is 0 Å². The van der Waals surface area contributed by atoms with Gasteiger partial charge in [-0.1, -0.05) is 5.16 Å². The summed E-state index contributed by atoms with van der Waals surface area (Å²) in [4.78, 5) is 3.35. The molecular weight excluding hydrogens is 175 g/mol. The van der Waals surface area contributed by atoms with Crippen molar-refractivity contribution in [2.24, 2.45) is 10.1 Å². The molecule has 0 unspecified atom stereocenters. The topological polar surface area (TPSA) is 65.2 Å². The van der Waals surface area contributed by atoms with Gasteiger partial charge in [0.25, 0.3) is 0 Å². The van der Waals surface area contributed by atoms with Crippen molar-refractivity contribution in [1.29, 1.82) is 0 Å². The van der Waals surface area contributed by atoms with Gasteiger partial charge in [0.05, 0.1) is 0 Å². The fraction of sp³-hybridized carbons (Fsp3) is 0. The van der Waals surface area contributed by atoms with E-state index in [1.165, 1.54) is 6.07 Å². The van der Waals surface area contributed by atoms with Gasteiger partial charge < -0.3 is 10.3 Å². The molecule has 0 amide bonds. The fourth-order valence-electron chi connectivity index (χ4n) is 0.827. The standard InChI is InChI=1S/C8H7FN2O2/c1-10-8(11-13)5-2-3-7(12)6(9)4-5/h2-4,12-13H,1H2/b11-8-. The van der Waals surface area contributed by atoms with E-state index >= 15 is 0 Å². The van der Waals surface area contributed by atoms with E-state index in [9.17, 15) is 4.39 Å². The van der Waals surface area contributed by atoms with Crippen molar-refractivity contribution in [1.82, 2.24) is 0 Å². The summed E-state index contributed by atoms with van der Waals surface area (Å²) >= 11 is 0. The maximum Gasteiger partial charge on any atom is 0.197 e. The molecule has 0 aliphatic carbocycles. The molecule has 13 heavy (non-hydrogen) atoms. The Morgan fingerprint density at radius 2 is 2.15 bits per heavy atom. The number of aliphatic imine (C=N–C) groups is 1. The van der Waals surface area contributed by atoms with Crippen LogP contribution in [0.25, 0.3) is 0 Å². The third-order valence-electron chi connectivity index (χ3n) is 1.45. The molecule has 68 valence electrons. The second-order valence-electron chi connectivity index (χ2n) is 2.25. The first-order chi connectivity index (χ1) is 6.19. The van der Waals surface area contributed by atoms with E-state index in [0.717, 1.165) is 12.1 Å². The number of aromatic hydroxyl groups is 1. The Bertz CT molecular complexity index is 363. The lowest BCUT2D eigenvalue weighted by atomic mass is 10.2. The smallest absolute Gasteiger partial charge is 0.197 e. The maximum atomic E-state index is 12.8. The van der Waals surface area contributed by atoms with Gasteiger partial charge in [-0.05, 0) is 24.9 Å². The SMILES string of the molecule is C=N/C(=N\O)c1ccc(O)c(F)c1. The number of oxime groups is 1. The molecule has 5 heteroatoms.